The number of carbonyl (C=O) groups is 2. The number of ether oxygens (including phenoxy) is 2. The van der Waals surface area contributed by atoms with Crippen LogP contribution in [-0.2, 0) is 14.3 Å². The summed E-state index contributed by atoms with van der Waals surface area (Å²) in [6.45, 7) is 4.16. The fraction of sp³-hybridized carbons (Fsp3) is 0.429. The van der Waals surface area contributed by atoms with Crippen LogP contribution in [0.3, 0.4) is 0 Å². The summed E-state index contributed by atoms with van der Waals surface area (Å²) in [5.41, 5.74) is 5.34. The summed E-state index contributed by atoms with van der Waals surface area (Å²) in [6, 6.07) is 7.76. The third kappa shape index (κ3) is 13.7. The molecule has 1 aromatic rings. The molecule has 0 spiro atoms. The van der Waals surface area contributed by atoms with Crippen LogP contribution in [0.1, 0.15) is 0 Å². The summed E-state index contributed by atoms with van der Waals surface area (Å²) in [7, 11) is 0. The van der Waals surface area contributed by atoms with Gasteiger partial charge in [-0.25, -0.2) is 9.59 Å². The van der Waals surface area contributed by atoms with Gasteiger partial charge in [-0.3, -0.25) is 0 Å². The van der Waals surface area contributed by atoms with Crippen LogP contribution in [0.15, 0.2) is 28.7 Å². The Balaban J connectivity index is 0.000000688. The van der Waals surface area contributed by atoms with Crippen LogP contribution < -0.4 is 15.8 Å². The largest absolute Gasteiger partial charge is 0.491 e. The Labute approximate surface area is 142 Å². The van der Waals surface area contributed by atoms with Crippen molar-refractivity contribution in [2.45, 2.75) is 0 Å². The number of aliphatic carboxylic acids is 2. The molecular formula is C14H21BrN2O6. The van der Waals surface area contributed by atoms with E-state index in [9.17, 15) is 0 Å². The highest BCUT2D eigenvalue weighted by molar-refractivity contribution is 9.10. The fourth-order valence-electron chi connectivity index (χ4n) is 1.25. The smallest absolute Gasteiger partial charge is 0.414 e. The van der Waals surface area contributed by atoms with E-state index in [-0.39, 0.29) is 0 Å². The highest BCUT2D eigenvalue weighted by Gasteiger charge is 2.04. The van der Waals surface area contributed by atoms with Gasteiger partial charge in [-0.15, -0.1) is 0 Å². The number of halogens is 1. The summed E-state index contributed by atoms with van der Waals surface area (Å²) in [5.74, 6) is -2.80. The molecule has 23 heavy (non-hydrogen) atoms. The molecule has 0 radical (unpaired) electrons. The van der Waals surface area contributed by atoms with Crippen molar-refractivity contribution in [2.24, 2.45) is 5.73 Å². The first-order valence-corrected chi connectivity index (χ1v) is 7.59. The van der Waals surface area contributed by atoms with Crippen LogP contribution in [0.2, 0.25) is 0 Å². The van der Waals surface area contributed by atoms with Crippen LogP contribution in [0, 0.1) is 0 Å². The molecule has 0 unspecified atom stereocenters. The minimum absolute atomic E-state index is 0.563. The third-order valence-corrected chi connectivity index (χ3v) is 2.71. The lowest BCUT2D eigenvalue weighted by Crippen LogP contribution is -2.26. The van der Waals surface area contributed by atoms with Crippen molar-refractivity contribution in [3.8, 4) is 5.75 Å². The van der Waals surface area contributed by atoms with Crippen molar-refractivity contribution in [1.29, 1.82) is 0 Å². The van der Waals surface area contributed by atoms with Crippen LogP contribution in [0.4, 0.5) is 0 Å². The van der Waals surface area contributed by atoms with Gasteiger partial charge in [0.05, 0.1) is 13.2 Å². The van der Waals surface area contributed by atoms with Gasteiger partial charge in [-0.05, 0) is 18.2 Å². The molecule has 9 heteroatoms. The number of benzene rings is 1. The Bertz CT molecular complexity index is 460. The van der Waals surface area contributed by atoms with Crippen LogP contribution in [-0.4, -0.2) is 61.6 Å². The van der Waals surface area contributed by atoms with Crippen LogP contribution in [0.25, 0.3) is 0 Å². The number of hydrogen-bond donors (Lipinski definition) is 4. The predicted octanol–water partition coefficient (Wildman–Crippen LogP) is 0.548. The maximum absolute atomic E-state index is 9.10. The molecule has 0 aromatic heterocycles. The zero-order chi connectivity index (χ0) is 17.5. The maximum atomic E-state index is 9.10. The molecule has 0 atom stereocenters. The fourth-order valence-corrected chi connectivity index (χ4v) is 1.63. The molecule has 0 amide bonds. The second-order valence-corrected chi connectivity index (χ2v) is 4.98. The summed E-state index contributed by atoms with van der Waals surface area (Å²) in [6.07, 6.45) is 0. The normalized spacial score (nSPS) is 9.65. The Morgan fingerprint density at radius 3 is 2.39 bits per heavy atom. The quantitative estimate of drug-likeness (QED) is 0.353. The Morgan fingerprint density at radius 2 is 1.83 bits per heavy atom. The van der Waals surface area contributed by atoms with E-state index in [2.05, 4.69) is 21.2 Å². The summed E-state index contributed by atoms with van der Waals surface area (Å²) in [5, 5.41) is 17.9. The second kappa shape index (κ2) is 13.9. The molecule has 130 valence electrons. The molecule has 5 N–H and O–H groups in total. The highest BCUT2D eigenvalue weighted by Crippen LogP contribution is 2.17. The van der Waals surface area contributed by atoms with Gasteiger partial charge in [0, 0.05) is 24.1 Å². The lowest BCUT2D eigenvalue weighted by molar-refractivity contribution is -0.159. The molecule has 0 saturated heterocycles. The van der Waals surface area contributed by atoms with Crippen molar-refractivity contribution in [2.75, 3.05) is 39.5 Å². The second-order valence-electron chi connectivity index (χ2n) is 4.07. The zero-order valence-electron chi connectivity index (χ0n) is 12.5. The number of nitrogens with one attached hydrogen (secondary N) is 1. The SMILES string of the molecule is NCCNCCOCCOc1cccc(Br)c1.O=C(O)C(=O)O. The average Bonchev–Trinajstić information content (AvgIpc) is 2.50. The van der Waals surface area contributed by atoms with Crippen molar-refractivity contribution >= 4 is 27.9 Å². The van der Waals surface area contributed by atoms with E-state index >= 15 is 0 Å². The molecule has 0 aliphatic carbocycles. The number of nitrogens with two attached hydrogens (primary N) is 1. The van der Waals surface area contributed by atoms with E-state index in [1.54, 1.807) is 0 Å². The van der Waals surface area contributed by atoms with Crippen LogP contribution >= 0.6 is 15.9 Å². The van der Waals surface area contributed by atoms with E-state index in [1.807, 2.05) is 24.3 Å². The van der Waals surface area contributed by atoms with E-state index in [0.29, 0.717) is 26.4 Å². The van der Waals surface area contributed by atoms with Gasteiger partial charge in [-0.2, -0.15) is 0 Å². The van der Waals surface area contributed by atoms with Gasteiger partial charge in [-0.1, -0.05) is 22.0 Å². The standard InChI is InChI=1S/C12H19BrN2O2.C2H2O4/c13-11-2-1-3-12(10-11)17-9-8-16-7-6-15-5-4-14;3-1(4)2(5)6/h1-3,10,15H,4-9,14H2;(H,3,4)(H,5,6). The minimum Gasteiger partial charge on any atom is -0.491 e. The zero-order valence-corrected chi connectivity index (χ0v) is 14.1. The molecule has 1 aromatic carbocycles. The topological polar surface area (TPSA) is 131 Å². The molecule has 0 bridgehead atoms. The average molecular weight is 393 g/mol. The first-order chi connectivity index (χ1) is 11.0. The van der Waals surface area contributed by atoms with Gasteiger partial charge < -0.3 is 30.7 Å². The Kier molecular flexibility index (Phi) is 12.9. The predicted molar refractivity (Wildman–Crippen MR) is 87.7 cm³/mol. The minimum atomic E-state index is -1.82. The Hall–Kier alpha value is -1.68. The number of hydrogen-bond acceptors (Lipinski definition) is 6. The van der Waals surface area contributed by atoms with Crippen molar-refractivity contribution in [1.82, 2.24) is 5.32 Å². The van der Waals surface area contributed by atoms with Crippen molar-refractivity contribution in [3.63, 3.8) is 0 Å². The molecule has 1 rings (SSSR count). The summed E-state index contributed by atoms with van der Waals surface area (Å²) in [4.78, 5) is 18.2. The van der Waals surface area contributed by atoms with Crippen molar-refractivity contribution < 1.29 is 29.3 Å². The molecular weight excluding hydrogens is 372 g/mol. The van der Waals surface area contributed by atoms with E-state index in [1.165, 1.54) is 0 Å². The lowest BCUT2D eigenvalue weighted by Gasteiger charge is -2.07. The van der Waals surface area contributed by atoms with E-state index in [0.717, 1.165) is 23.3 Å². The number of carboxylic acid groups (broad SMARTS) is 2. The molecule has 0 fully saturated rings. The summed E-state index contributed by atoms with van der Waals surface area (Å²) < 4.78 is 11.9. The monoisotopic (exact) mass is 392 g/mol. The molecule has 0 aliphatic heterocycles. The van der Waals surface area contributed by atoms with E-state index in [4.69, 9.17) is 35.0 Å². The van der Waals surface area contributed by atoms with Gasteiger partial charge in [0.1, 0.15) is 12.4 Å². The van der Waals surface area contributed by atoms with Gasteiger partial charge in [0.15, 0.2) is 0 Å². The first-order valence-electron chi connectivity index (χ1n) is 6.80. The lowest BCUT2D eigenvalue weighted by atomic mass is 10.3. The third-order valence-electron chi connectivity index (χ3n) is 2.22. The van der Waals surface area contributed by atoms with Crippen molar-refractivity contribution in [3.05, 3.63) is 28.7 Å². The first kappa shape index (κ1) is 21.3. The van der Waals surface area contributed by atoms with Gasteiger partial charge in [0.25, 0.3) is 0 Å². The van der Waals surface area contributed by atoms with Crippen LogP contribution in [0.5, 0.6) is 5.75 Å². The highest BCUT2D eigenvalue weighted by atomic mass is 79.9. The Morgan fingerprint density at radius 1 is 1.13 bits per heavy atom. The number of carboxylic acids is 2. The maximum Gasteiger partial charge on any atom is 0.414 e. The molecule has 8 nitrogen and oxygen atoms in total. The van der Waals surface area contributed by atoms with Gasteiger partial charge in [0.2, 0.25) is 0 Å². The molecule has 0 heterocycles. The molecule has 0 saturated carbocycles. The van der Waals surface area contributed by atoms with Gasteiger partial charge >= 0.3 is 11.9 Å². The summed E-state index contributed by atoms with van der Waals surface area (Å²) >= 11 is 3.39. The molecule has 0 aliphatic rings. The number of rotatable bonds is 9. The van der Waals surface area contributed by atoms with E-state index < -0.39 is 11.9 Å².